The number of amides is 1. The number of nitrogens with zero attached hydrogens (tertiary/aromatic N) is 1. The van der Waals surface area contributed by atoms with Crippen molar-refractivity contribution >= 4 is 5.91 Å². The summed E-state index contributed by atoms with van der Waals surface area (Å²) >= 11 is 0. The Balaban J connectivity index is 1.34. The molecule has 2 unspecified atom stereocenters. The Hall–Kier alpha value is -0.530. The summed E-state index contributed by atoms with van der Waals surface area (Å²) in [5.41, 5.74) is 0.0221. The molecule has 0 aromatic rings. The Morgan fingerprint density at radius 3 is 2.22 bits per heavy atom. The minimum atomic E-state index is 0.0221. The van der Waals surface area contributed by atoms with Crippen molar-refractivity contribution in [3.8, 4) is 0 Å². The van der Waals surface area contributed by atoms with E-state index in [1.54, 1.807) is 0 Å². The average molecular weight is 247 g/mol. The van der Waals surface area contributed by atoms with E-state index in [-0.39, 0.29) is 5.41 Å². The molecule has 2 atom stereocenters. The normalized spacial score (nSPS) is 43.9. The third-order valence-corrected chi connectivity index (χ3v) is 6.27. The summed E-state index contributed by atoms with van der Waals surface area (Å²) in [6.07, 6.45) is 9.48. The number of hydrogen-bond donors (Lipinski definition) is 0. The highest BCUT2D eigenvalue weighted by Crippen LogP contribution is 2.60. The van der Waals surface area contributed by atoms with E-state index in [0.717, 1.165) is 36.8 Å². The van der Waals surface area contributed by atoms with Crippen molar-refractivity contribution in [2.45, 2.75) is 51.9 Å². The smallest absolute Gasteiger partial charge is 0.228 e. The first-order chi connectivity index (χ1) is 8.66. The number of hydrogen-bond acceptors (Lipinski definition) is 1. The van der Waals surface area contributed by atoms with Gasteiger partial charge in [-0.25, -0.2) is 0 Å². The third kappa shape index (κ3) is 1.64. The molecular formula is C16H25NO. The fourth-order valence-electron chi connectivity index (χ4n) is 5.01. The molecule has 1 saturated heterocycles. The number of rotatable bonds is 2. The van der Waals surface area contributed by atoms with Crippen LogP contribution in [-0.2, 0) is 4.79 Å². The molecule has 0 bridgehead atoms. The first-order valence-electron chi connectivity index (χ1n) is 7.95. The lowest BCUT2D eigenvalue weighted by Gasteiger charge is -2.46. The van der Waals surface area contributed by atoms with E-state index in [1.165, 1.54) is 44.9 Å². The van der Waals surface area contributed by atoms with E-state index in [4.69, 9.17) is 0 Å². The van der Waals surface area contributed by atoms with E-state index >= 15 is 0 Å². The topological polar surface area (TPSA) is 20.3 Å². The summed E-state index contributed by atoms with van der Waals surface area (Å²) in [7, 11) is 0. The molecule has 1 heterocycles. The van der Waals surface area contributed by atoms with Crippen molar-refractivity contribution in [1.29, 1.82) is 0 Å². The first-order valence-corrected chi connectivity index (χ1v) is 7.95. The minimum absolute atomic E-state index is 0.0221. The van der Waals surface area contributed by atoms with E-state index in [9.17, 15) is 4.79 Å². The Kier molecular flexibility index (Phi) is 2.35. The van der Waals surface area contributed by atoms with Crippen LogP contribution >= 0.6 is 0 Å². The second kappa shape index (κ2) is 3.74. The lowest BCUT2D eigenvalue weighted by atomic mass is 9.79. The second-order valence-corrected chi connectivity index (χ2v) is 7.74. The monoisotopic (exact) mass is 247 g/mol. The molecule has 0 spiro atoms. The summed E-state index contributed by atoms with van der Waals surface area (Å²) in [5, 5.41) is 0. The van der Waals surface area contributed by atoms with Gasteiger partial charge in [-0.1, -0.05) is 32.6 Å². The van der Waals surface area contributed by atoms with Gasteiger partial charge in [0.05, 0.1) is 0 Å². The molecule has 1 amide bonds. The van der Waals surface area contributed by atoms with Crippen LogP contribution in [0.5, 0.6) is 0 Å². The summed E-state index contributed by atoms with van der Waals surface area (Å²) in [6.45, 7) is 4.38. The number of fused-ring (bicyclic) bond motifs is 1. The van der Waals surface area contributed by atoms with Crippen LogP contribution in [0, 0.1) is 29.1 Å². The van der Waals surface area contributed by atoms with Crippen LogP contribution in [0.3, 0.4) is 0 Å². The molecule has 0 aromatic carbocycles. The molecule has 4 fully saturated rings. The molecule has 3 saturated carbocycles. The predicted molar refractivity (Wildman–Crippen MR) is 71.0 cm³/mol. The summed E-state index contributed by atoms with van der Waals surface area (Å²) in [6, 6.07) is 0. The van der Waals surface area contributed by atoms with Crippen LogP contribution in [0.2, 0.25) is 0 Å². The standard InChI is InChI=1S/C16H25NO/c1-16(7-12-6-13(12)8-16)15(18)17-9-14(10-17)11-4-2-3-5-11/h11-14H,2-10H2,1H3. The molecule has 0 aromatic heterocycles. The lowest BCUT2D eigenvalue weighted by Crippen LogP contribution is -2.56. The van der Waals surface area contributed by atoms with Crippen molar-refractivity contribution < 1.29 is 4.79 Å². The van der Waals surface area contributed by atoms with Crippen molar-refractivity contribution in [2.75, 3.05) is 13.1 Å². The maximum atomic E-state index is 12.6. The number of carbonyl (C=O) groups is 1. The van der Waals surface area contributed by atoms with Gasteiger partial charge in [-0.2, -0.15) is 0 Å². The largest absolute Gasteiger partial charge is 0.342 e. The Morgan fingerprint density at radius 1 is 1.00 bits per heavy atom. The Bertz CT molecular complexity index is 355. The highest BCUT2D eigenvalue weighted by atomic mass is 16.2. The minimum Gasteiger partial charge on any atom is -0.342 e. The van der Waals surface area contributed by atoms with Gasteiger partial charge in [-0.05, 0) is 42.9 Å². The number of likely N-dealkylation sites (tertiary alicyclic amines) is 1. The van der Waals surface area contributed by atoms with Crippen LogP contribution in [0.25, 0.3) is 0 Å². The van der Waals surface area contributed by atoms with E-state index in [0.29, 0.717) is 5.91 Å². The fraction of sp³-hybridized carbons (Fsp3) is 0.938. The molecule has 0 radical (unpaired) electrons. The fourth-order valence-corrected chi connectivity index (χ4v) is 5.01. The zero-order valence-corrected chi connectivity index (χ0v) is 11.5. The van der Waals surface area contributed by atoms with E-state index in [2.05, 4.69) is 11.8 Å². The van der Waals surface area contributed by atoms with Crippen molar-refractivity contribution in [3.05, 3.63) is 0 Å². The zero-order valence-electron chi connectivity index (χ0n) is 11.5. The van der Waals surface area contributed by atoms with Crippen molar-refractivity contribution in [3.63, 3.8) is 0 Å². The molecule has 3 aliphatic carbocycles. The molecule has 0 N–H and O–H groups in total. The quantitative estimate of drug-likeness (QED) is 0.734. The maximum Gasteiger partial charge on any atom is 0.228 e. The highest BCUT2D eigenvalue weighted by molar-refractivity contribution is 5.83. The molecular weight excluding hydrogens is 222 g/mol. The summed E-state index contributed by atoms with van der Waals surface area (Å²) in [4.78, 5) is 14.8. The zero-order chi connectivity index (χ0) is 12.3. The molecule has 4 aliphatic rings. The average Bonchev–Trinajstić information content (AvgIpc) is 2.75. The van der Waals surface area contributed by atoms with Crippen LogP contribution in [0.1, 0.15) is 51.9 Å². The van der Waals surface area contributed by atoms with Crippen LogP contribution in [-0.4, -0.2) is 23.9 Å². The van der Waals surface area contributed by atoms with Crippen LogP contribution < -0.4 is 0 Å². The van der Waals surface area contributed by atoms with Gasteiger partial charge in [0.25, 0.3) is 0 Å². The van der Waals surface area contributed by atoms with Gasteiger partial charge >= 0.3 is 0 Å². The Labute approximate surface area is 110 Å². The van der Waals surface area contributed by atoms with Gasteiger partial charge in [0.1, 0.15) is 0 Å². The van der Waals surface area contributed by atoms with Crippen molar-refractivity contribution in [2.24, 2.45) is 29.1 Å². The van der Waals surface area contributed by atoms with Gasteiger partial charge in [-0.15, -0.1) is 0 Å². The van der Waals surface area contributed by atoms with E-state index < -0.39 is 0 Å². The molecule has 1 aliphatic heterocycles. The molecule has 2 heteroatoms. The second-order valence-electron chi connectivity index (χ2n) is 7.74. The summed E-state index contributed by atoms with van der Waals surface area (Å²) in [5.74, 6) is 4.09. The molecule has 100 valence electrons. The summed E-state index contributed by atoms with van der Waals surface area (Å²) < 4.78 is 0. The highest BCUT2D eigenvalue weighted by Gasteiger charge is 2.56. The molecule has 18 heavy (non-hydrogen) atoms. The predicted octanol–water partition coefficient (Wildman–Crippen LogP) is 3.07. The third-order valence-electron chi connectivity index (χ3n) is 6.27. The number of carbonyl (C=O) groups excluding carboxylic acids is 1. The Morgan fingerprint density at radius 2 is 1.61 bits per heavy atom. The van der Waals surface area contributed by atoms with Crippen molar-refractivity contribution in [1.82, 2.24) is 4.90 Å². The van der Waals surface area contributed by atoms with Crippen LogP contribution in [0.15, 0.2) is 0 Å². The van der Waals surface area contributed by atoms with Gasteiger partial charge in [0, 0.05) is 18.5 Å². The van der Waals surface area contributed by atoms with Crippen LogP contribution in [0.4, 0.5) is 0 Å². The van der Waals surface area contributed by atoms with Gasteiger partial charge in [-0.3, -0.25) is 4.79 Å². The maximum absolute atomic E-state index is 12.6. The van der Waals surface area contributed by atoms with Gasteiger partial charge in [0.2, 0.25) is 5.91 Å². The molecule has 2 nitrogen and oxygen atoms in total. The molecule has 4 rings (SSSR count). The van der Waals surface area contributed by atoms with E-state index in [1.807, 2.05) is 0 Å². The van der Waals surface area contributed by atoms with Gasteiger partial charge in [0.15, 0.2) is 0 Å². The lowest BCUT2D eigenvalue weighted by molar-refractivity contribution is -0.149. The first kappa shape index (κ1) is 11.3. The van der Waals surface area contributed by atoms with Gasteiger partial charge < -0.3 is 4.90 Å². The SMILES string of the molecule is CC1(C(=O)N2CC(C3CCCC3)C2)CC2CC2C1.